The van der Waals surface area contributed by atoms with E-state index in [1.165, 1.54) is 26.0 Å². The molecule has 9 heteroatoms. The van der Waals surface area contributed by atoms with Crippen molar-refractivity contribution in [1.29, 1.82) is 0 Å². The van der Waals surface area contributed by atoms with Crippen LogP contribution in [0.15, 0.2) is 18.2 Å². The minimum Gasteiger partial charge on any atom is -0.480 e. The predicted octanol–water partition coefficient (Wildman–Crippen LogP) is 2.49. The second-order valence-electron chi connectivity index (χ2n) is 8.51. The minimum absolute atomic E-state index is 0.0221. The molecule has 0 saturated carbocycles. The number of rotatable bonds is 10. The number of carbonyl (C=O) groups is 4. The summed E-state index contributed by atoms with van der Waals surface area (Å²) in [5.74, 6) is -2.54. The molecule has 0 amide bonds. The van der Waals surface area contributed by atoms with Gasteiger partial charge in [0.05, 0.1) is 6.42 Å². The maximum Gasteiger partial charge on any atom is 0.321 e. The quantitative estimate of drug-likeness (QED) is 0.419. The molecule has 2 N–H and O–H groups in total. The summed E-state index contributed by atoms with van der Waals surface area (Å²) < 4.78 is 15.4. The van der Waals surface area contributed by atoms with Gasteiger partial charge in [-0.3, -0.25) is 19.2 Å². The summed E-state index contributed by atoms with van der Waals surface area (Å²) in [4.78, 5) is 46.2. The van der Waals surface area contributed by atoms with Gasteiger partial charge in [-0.05, 0) is 36.5 Å². The van der Waals surface area contributed by atoms with Crippen molar-refractivity contribution < 1.29 is 38.5 Å². The number of esters is 3. The number of ether oxygens (including phenoxy) is 3. The number of hydrogen-bond donors (Lipinski definition) is 2. The number of hydrogen-bond acceptors (Lipinski definition) is 8. The lowest BCUT2D eigenvalue weighted by molar-refractivity contribution is -0.150. The Balaban J connectivity index is 2.82. The maximum atomic E-state index is 11.9. The molecule has 0 aliphatic rings. The Kier molecular flexibility index (Phi) is 9.64. The van der Waals surface area contributed by atoms with E-state index in [9.17, 15) is 24.3 Å². The van der Waals surface area contributed by atoms with Gasteiger partial charge in [-0.25, -0.2) is 0 Å². The van der Waals surface area contributed by atoms with E-state index in [-0.39, 0.29) is 42.3 Å². The Bertz CT molecular complexity index is 812. The van der Waals surface area contributed by atoms with Crippen LogP contribution in [-0.4, -0.2) is 47.7 Å². The van der Waals surface area contributed by atoms with Crippen LogP contribution < -0.4 is 14.8 Å². The zero-order valence-corrected chi connectivity index (χ0v) is 18.8. The Morgan fingerprint density at radius 2 is 1.61 bits per heavy atom. The summed E-state index contributed by atoms with van der Waals surface area (Å²) in [7, 11) is 0. The van der Waals surface area contributed by atoms with Gasteiger partial charge in [0.25, 0.3) is 0 Å². The van der Waals surface area contributed by atoms with Gasteiger partial charge >= 0.3 is 23.9 Å². The van der Waals surface area contributed by atoms with Gasteiger partial charge in [0.15, 0.2) is 11.5 Å². The van der Waals surface area contributed by atoms with Crippen LogP contribution in [0.5, 0.6) is 11.5 Å². The molecular formula is C22H31NO8. The lowest BCUT2D eigenvalue weighted by Crippen LogP contribution is -2.42. The molecular weight excluding hydrogens is 406 g/mol. The molecule has 0 fully saturated rings. The van der Waals surface area contributed by atoms with E-state index >= 15 is 0 Å². The van der Waals surface area contributed by atoms with Crippen molar-refractivity contribution in [2.45, 2.75) is 66.5 Å². The van der Waals surface area contributed by atoms with Crippen molar-refractivity contribution >= 4 is 23.9 Å². The zero-order valence-electron chi connectivity index (χ0n) is 18.8. The van der Waals surface area contributed by atoms with Gasteiger partial charge in [0.1, 0.15) is 12.1 Å². The normalized spacial score (nSPS) is 13.1. The van der Waals surface area contributed by atoms with E-state index in [0.717, 1.165) is 0 Å². The summed E-state index contributed by atoms with van der Waals surface area (Å²) in [6, 6.07) is 3.48. The fraction of sp³-hybridized carbons (Fsp3) is 0.545. The number of carboxylic acid groups (broad SMARTS) is 1. The third-order valence-electron chi connectivity index (χ3n) is 3.91. The Morgan fingerprint density at radius 3 is 2.13 bits per heavy atom. The SMILES string of the molecule is CC(=O)Oc1ccc(C[C@H](NCC(C)OC(=O)CC(C)(C)C)C(=O)O)cc1OC(C)=O. The molecule has 1 rings (SSSR count). The van der Waals surface area contributed by atoms with Crippen LogP contribution in [0, 0.1) is 5.41 Å². The molecule has 0 aliphatic carbocycles. The van der Waals surface area contributed by atoms with Crippen LogP contribution in [0.2, 0.25) is 0 Å². The van der Waals surface area contributed by atoms with Gasteiger partial charge in [0.2, 0.25) is 0 Å². The average Bonchev–Trinajstić information content (AvgIpc) is 2.57. The molecule has 0 aromatic heterocycles. The summed E-state index contributed by atoms with van der Waals surface area (Å²) in [6.45, 7) is 10.0. The standard InChI is InChI=1S/C22H31NO8/c1-13(29-20(26)11-22(4,5)6)12-23-17(21(27)28)9-16-7-8-18(30-14(2)24)19(10-16)31-15(3)25/h7-8,10,13,17,23H,9,11-12H2,1-6H3,(H,27,28)/t13?,17-/m0/s1. The third-order valence-corrected chi connectivity index (χ3v) is 3.91. The van der Waals surface area contributed by atoms with E-state index in [1.807, 2.05) is 20.8 Å². The van der Waals surface area contributed by atoms with E-state index < -0.39 is 30.1 Å². The summed E-state index contributed by atoms with van der Waals surface area (Å²) >= 11 is 0. The number of aliphatic carboxylic acids is 1. The molecule has 0 radical (unpaired) electrons. The largest absolute Gasteiger partial charge is 0.480 e. The highest BCUT2D eigenvalue weighted by molar-refractivity contribution is 5.75. The molecule has 0 heterocycles. The monoisotopic (exact) mass is 437 g/mol. The molecule has 1 aromatic rings. The smallest absolute Gasteiger partial charge is 0.321 e. The first-order valence-electron chi connectivity index (χ1n) is 9.92. The van der Waals surface area contributed by atoms with Crippen LogP contribution >= 0.6 is 0 Å². The second-order valence-corrected chi connectivity index (χ2v) is 8.51. The third kappa shape index (κ3) is 10.6. The molecule has 9 nitrogen and oxygen atoms in total. The first-order chi connectivity index (χ1) is 14.3. The van der Waals surface area contributed by atoms with Gasteiger partial charge in [-0.1, -0.05) is 26.8 Å². The van der Waals surface area contributed by atoms with E-state index in [2.05, 4.69) is 5.32 Å². The predicted molar refractivity (Wildman–Crippen MR) is 112 cm³/mol. The Labute approximate surface area is 182 Å². The number of nitrogens with one attached hydrogen (secondary N) is 1. The van der Waals surface area contributed by atoms with Crippen molar-refractivity contribution in [1.82, 2.24) is 5.32 Å². The number of carbonyl (C=O) groups excluding carboxylic acids is 3. The van der Waals surface area contributed by atoms with Gasteiger partial charge in [-0.15, -0.1) is 0 Å². The van der Waals surface area contributed by atoms with Crippen LogP contribution in [0.4, 0.5) is 0 Å². The fourth-order valence-corrected chi connectivity index (χ4v) is 2.68. The van der Waals surface area contributed by atoms with Gasteiger partial charge < -0.3 is 24.6 Å². The summed E-state index contributed by atoms with van der Waals surface area (Å²) in [5, 5.41) is 12.4. The minimum atomic E-state index is -1.09. The lowest BCUT2D eigenvalue weighted by Gasteiger charge is -2.21. The van der Waals surface area contributed by atoms with Crippen LogP contribution in [0.25, 0.3) is 0 Å². The van der Waals surface area contributed by atoms with E-state index in [4.69, 9.17) is 14.2 Å². The molecule has 0 spiro atoms. The summed E-state index contributed by atoms with van der Waals surface area (Å²) in [6.07, 6.45) is -0.195. The Morgan fingerprint density at radius 1 is 1.03 bits per heavy atom. The zero-order chi connectivity index (χ0) is 23.8. The van der Waals surface area contributed by atoms with E-state index in [1.54, 1.807) is 13.0 Å². The van der Waals surface area contributed by atoms with Crippen molar-refractivity contribution in [3.05, 3.63) is 23.8 Å². The Hall–Kier alpha value is -2.94. The average molecular weight is 437 g/mol. The highest BCUT2D eigenvalue weighted by Gasteiger charge is 2.22. The van der Waals surface area contributed by atoms with Crippen molar-refractivity contribution in [3.8, 4) is 11.5 Å². The highest BCUT2D eigenvalue weighted by Crippen LogP contribution is 2.29. The fourth-order valence-electron chi connectivity index (χ4n) is 2.68. The van der Waals surface area contributed by atoms with Crippen molar-refractivity contribution in [2.75, 3.05) is 6.54 Å². The molecule has 2 atom stereocenters. The first kappa shape index (κ1) is 26.1. The molecule has 0 saturated heterocycles. The molecule has 0 bridgehead atoms. The number of carboxylic acids is 1. The summed E-state index contributed by atoms with van der Waals surface area (Å²) in [5.41, 5.74) is 0.343. The topological polar surface area (TPSA) is 128 Å². The van der Waals surface area contributed by atoms with Gasteiger partial charge in [-0.2, -0.15) is 0 Å². The molecule has 172 valence electrons. The maximum absolute atomic E-state index is 11.9. The van der Waals surface area contributed by atoms with Gasteiger partial charge in [0, 0.05) is 20.4 Å². The molecule has 0 aliphatic heterocycles. The molecule has 1 aromatic carbocycles. The van der Waals surface area contributed by atoms with Crippen molar-refractivity contribution in [3.63, 3.8) is 0 Å². The lowest BCUT2D eigenvalue weighted by atomic mass is 9.92. The van der Waals surface area contributed by atoms with Crippen LogP contribution in [0.3, 0.4) is 0 Å². The van der Waals surface area contributed by atoms with Crippen LogP contribution in [0.1, 0.15) is 53.5 Å². The highest BCUT2D eigenvalue weighted by atomic mass is 16.6. The second kappa shape index (κ2) is 11.5. The van der Waals surface area contributed by atoms with Crippen molar-refractivity contribution in [2.24, 2.45) is 5.41 Å². The van der Waals surface area contributed by atoms with E-state index in [0.29, 0.717) is 5.56 Å². The number of benzene rings is 1. The molecule has 1 unspecified atom stereocenters. The molecule has 31 heavy (non-hydrogen) atoms. The van der Waals surface area contributed by atoms with Crippen LogP contribution in [-0.2, 0) is 30.3 Å². The first-order valence-corrected chi connectivity index (χ1v) is 9.92.